The first kappa shape index (κ1) is 7.74. The van der Waals surface area contributed by atoms with Gasteiger partial charge in [0.15, 0.2) is 0 Å². The highest BCUT2D eigenvalue weighted by molar-refractivity contribution is 6.21. The number of ether oxygens (including phenoxy) is 1. The standard InChI is InChI=1S/C9H10ClNO/c1-2-11-7-5-3-4-6-8(7)12-9(11)10/h3-6,9H,2H2,1H3. The van der Waals surface area contributed by atoms with Crippen LogP contribution in [0.3, 0.4) is 0 Å². The quantitative estimate of drug-likeness (QED) is 0.490. The fraction of sp³-hybridized carbons (Fsp3) is 0.333. The number of halogens is 1. The second-order valence-corrected chi connectivity index (χ2v) is 3.04. The van der Waals surface area contributed by atoms with E-state index in [4.69, 9.17) is 16.3 Å². The van der Waals surface area contributed by atoms with E-state index < -0.39 is 0 Å². The molecule has 1 atom stereocenters. The third-order valence-corrected chi connectivity index (χ3v) is 2.31. The maximum Gasteiger partial charge on any atom is 0.250 e. The molecule has 1 aliphatic rings. The summed E-state index contributed by atoms with van der Waals surface area (Å²) in [6.45, 7) is 2.92. The summed E-state index contributed by atoms with van der Waals surface area (Å²) >= 11 is 5.95. The molecule has 1 unspecified atom stereocenters. The van der Waals surface area contributed by atoms with Crippen molar-refractivity contribution in [1.29, 1.82) is 0 Å². The number of benzene rings is 1. The molecule has 0 bridgehead atoms. The van der Waals surface area contributed by atoms with Crippen molar-refractivity contribution in [3.63, 3.8) is 0 Å². The van der Waals surface area contributed by atoms with E-state index in [0.717, 1.165) is 18.0 Å². The molecular weight excluding hydrogens is 174 g/mol. The lowest BCUT2D eigenvalue weighted by Gasteiger charge is -2.17. The van der Waals surface area contributed by atoms with Crippen LogP contribution >= 0.6 is 11.6 Å². The van der Waals surface area contributed by atoms with Crippen LogP contribution in [0.2, 0.25) is 0 Å². The van der Waals surface area contributed by atoms with Gasteiger partial charge in [-0.25, -0.2) is 0 Å². The van der Waals surface area contributed by atoms with E-state index in [1.54, 1.807) is 0 Å². The van der Waals surface area contributed by atoms with Crippen LogP contribution in [0.15, 0.2) is 24.3 Å². The van der Waals surface area contributed by atoms with Gasteiger partial charge >= 0.3 is 0 Å². The topological polar surface area (TPSA) is 12.5 Å². The maximum atomic E-state index is 5.95. The lowest BCUT2D eigenvalue weighted by atomic mass is 10.3. The van der Waals surface area contributed by atoms with Crippen LogP contribution in [0, 0.1) is 0 Å². The smallest absolute Gasteiger partial charge is 0.250 e. The van der Waals surface area contributed by atoms with Gasteiger partial charge in [-0.15, -0.1) is 0 Å². The van der Waals surface area contributed by atoms with E-state index in [0.29, 0.717) is 0 Å². The van der Waals surface area contributed by atoms with Crippen molar-refractivity contribution in [2.45, 2.75) is 12.6 Å². The van der Waals surface area contributed by atoms with E-state index in [2.05, 4.69) is 6.92 Å². The van der Waals surface area contributed by atoms with Crippen LogP contribution in [-0.2, 0) is 0 Å². The molecule has 2 nitrogen and oxygen atoms in total. The Morgan fingerprint density at radius 1 is 1.50 bits per heavy atom. The first-order valence-electron chi connectivity index (χ1n) is 3.99. The fourth-order valence-electron chi connectivity index (χ4n) is 1.39. The van der Waals surface area contributed by atoms with Gasteiger partial charge < -0.3 is 9.64 Å². The summed E-state index contributed by atoms with van der Waals surface area (Å²) in [5.74, 6) is 0.874. The summed E-state index contributed by atoms with van der Waals surface area (Å²) in [6, 6.07) is 7.88. The summed E-state index contributed by atoms with van der Waals surface area (Å²) in [4.78, 5) is 2.01. The van der Waals surface area contributed by atoms with Crippen molar-refractivity contribution in [3.8, 4) is 5.75 Å². The molecule has 0 N–H and O–H groups in total. The number of para-hydroxylation sites is 2. The molecule has 0 saturated carbocycles. The Morgan fingerprint density at radius 3 is 3.00 bits per heavy atom. The number of rotatable bonds is 1. The van der Waals surface area contributed by atoms with Gasteiger partial charge in [-0.3, -0.25) is 0 Å². The summed E-state index contributed by atoms with van der Waals surface area (Å²) in [5, 5.41) is 0. The van der Waals surface area contributed by atoms with Gasteiger partial charge in [0, 0.05) is 6.54 Å². The SMILES string of the molecule is CCN1c2ccccc2OC1Cl. The Morgan fingerprint density at radius 2 is 2.25 bits per heavy atom. The van der Waals surface area contributed by atoms with Gasteiger partial charge in [0.2, 0.25) is 0 Å². The Balaban J connectivity index is 2.40. The van der Waals surface area contributed by atoms with Gasteiger partial charge in [0.25, 0.3) is 5.69 Å². The molecule has 0 saturated heterocycles. The molecule has 0 aromatic heterocycles. The van der Waals surface area contributed by atoms with E-state index >= 15 is 0 Å². The minimum absolute atomic E-state index is 0.340. The Kier molecular flexibility index (Phi) is 1.85. The highest BCUT2D eigenvalue weighted by atomic mass is 35.5. The molecule has 0 radical (unpaired) electrons. The predicted octanol–water partition coefficient (Wildman–Crippen LogP) is 2.43. The van der Waals surface area contributed by atoms with Gasteiger partial charge in [-0.05, 0) is 19.1 Å². The number of nitrogens with zero attached hydrogens (tertiary/aromatic N) is 1. The number of hydrogen-bond donors (Lipinski definition) is 0. The number of hydrogen-bond acceptors (Lipinski definition) is 2. The van der Waals surface area contributed by atoms with Crippen molar-refractivity contribution >= 4 is 17.3 Å². The Hall–Kier alpha value is -0.890. The Bertz CT molecular complexity index is 290. The van der Waals surface area contributed by atoms with Crippen molar-refractivity contribution in [2.75, 3.05) is 11.4 Å². The van der Waals surface area contributed by atoms with Gasteiger partial charge in [0.1, 0.15) is 5.75 Å². The predicted molar refractivity (Wildman–Crippen MR) is 49.7 cm³/mol. The summed E-state index contributed by atoms with van der Waals surface area (Å²) in [6.07, 6.45) is 0. The van der Waals surface area contributed by atoms with Crippen LogP contribution in [0.5, 0.6) is 5.75 Å². The second-order valence-electron chi connectivity index (χ2n) is 2.66. The van der Waals surface area contributed by atoms with Crippen molar-refractivity contribution in [2.24, 2.45) is 0 Å². The maximum absolute atomic E-state index is 5.95. The van der Waals surface area contributed by atoms with Crippen LogP contribution in [0.25, 0.3) is 0 Å². The van der Waals surface area contributed by atoms with E-state index in [1.807, 2.05) is 29.2 Å². The van der Waals surface area contributed by atoms with E-state index in [1.165, 1.54) is 0 Å². The molecule has 12 heavy (non-hydrogen) atoms. The Labute approximate surface area is 76.7 Å². The summed E-state index contributed by atoms with van der Waals surface area (Å²) in [5.41, 5.74) is 0.743. The highest BCUT2D eigenvalue weighted by Crippen LogP contribution is 2.37. The van der Waals surface area contributed by atoms with Gasteiger partial charge in [-0.1, -0.05) is 23.7 Å². The molecule has 0 amide bonds. The molecule has 1 aromatic rings. The zero-order chi connectivity index (χ0) is 8.55. The number of anilines is 1. The molecule has 3 heteroatoms. The zero-order valence-corrected chi connectivity index (χ0v) is 7.58. The van der Waals surface area contributed by atoms with E-state index in [9.17, 15) is 0 Å². The number of fused-ring (bicyclic) bond motifs is 1. The monoisotopic (exact) mass is 183 g/mol. The molecule has 1 heterocycles. The average Bonchev–Trinajstić information content (AvgIpc) is 2.40. The lowest BCUT2D eigenvalue weighted by Crippen LogP contribution is -2.29. The largest absolute Gasteiger partial charge is 0.454 e. The highest BCUT2D eigenvalue weighted by Gasteiger charge is 2.26. The van der Waals surface area contributed by atoms with Crippen LogP contribution in [0.1, 0.15) is 6.92 Å². The minimum atomic E-state index is -0.340. The molecule has 0 spiro atoms. The third-order valence-electron chi connectivity index (χ3n) is 1.98. The van der Waals surface area contributed by atoms with Crippen molar-refractivity contribution in [3.05, 3.63) is 24.3 Å². The van der Waals surface area contributed by atoms with Crippen LogP contribution < -0.4 is 9.64 Å². The molecule has 64 valence electrons. The summed E-state index contributed by atoms with van der Waals surface area (Å²) in [7, 11) is 0. The van der Waals surface area contributed by atoms with Crippen LogP contribution in [0.4, 0.5) is 5.69 Å². The minimum Gasteiger partial charge on any atom is -0.454 e. The third kappa shape index (κ3) is 1.03. The molecule has 2 rings (SSSR count). The molecule has 1 aromatic carbocycles. The average molecular weight is 184 g/mol. The second kappa shape index (κ2) is 2.87. The molecule has 0 aliphatic carbocycles. The van der Waals surface area contributed by atoms with Crippen molar-refractivity contribution in [1.82, 2.24) is 0 Å². The normalized spacial score (nSPS) is 20.5. The van der Waals surface area contributed by atoms with E-state index in [-0.39, 0.29) is 5.69 Å². The van der Waals surface area contributed by atoms with Crippen molar-refractivity contribution < 1.29 is 4.74 Å². The zero-order valence-electron chi connectivity index (χ0n) is 6.83. The molecule has 1 aliphatic heterocycles. The first-order valence-corrected chi connectivity index (χ1v) is 4.43. The molecule has 0 fully saturated rings. The fourth-order valence-corrected chi connectivity index (χ4v) is 1.72. The number of alkyl halides is 1. The summed E-state index contributed by atoms with van der Waals surface area (Å²) < 4.78 is 5.40. The first-order chi connectivity index (χ1) is 5.83. The van der Waals surface area contributed by atoms with Crippen LogP contribution in [-0.4, -0.2) is 12.2 Å². The molecular formula is C9H10ClNO. The van der Waals surface area contributed by atoms with Gasteiger partial charge in [0.05, 0.1) is 5.69 Å². The lowest BCUT2D eigenvalue weighted by molar-refractivity contribution is 0.307. The van der Waals surface area contributed by atoms with Gasteiger partial charge in [-0.2, -0.15) is 0 Å².